The lowest BCUT2D eigenvalue weighted by molar-refractivity contribution is -0.155. The summed E-state index contributed by atoms with van der Waals surface area (Å²) in [4.78, 5) is 57.1. The van der Waals surface area contributed by atoms with Gasteiger partial charge in [0.1, 0.15) is 17.8 Å². The number of amides is 2. The lowest BCUT2D eigenvalue weighted by Crippen LogP contribution is -2.60. The third-order valence-corrected chi connectivity index (χ3v) is 11.0. The summed E-state index contributed by atoms with van der Waals surface area (Å²) in [7, 11) is 2.81. The van der Waals surface area contributed by atoms with E-state index in [1.54, 1.807) is 73.6 Å². The van der Waals surface area contributed by atoms with Crippen molar-refractivity contribution in [2.45, 2.75) is 137 Å². The fourth-order valence-corrected chi connectivity index (χ4v) is 8.34. The number of methoxy groups -OCH3 is 2. The zero-order chi connectivity index (χ0) is 50.3. The van der Waals surface area contributed by atoms with Gasteiger partial charge < -0.3 is 33.9 Å². The highest BCUT2D eigenvalue weighted by Crippen LogP contribution is 2.53. The van der Waals surface area contributed by atoms with Crippen molar-refractivity contribution < 1.29 is 56.9 Å². The van der Waals surface area contributed by atoms with Crippen molar-refractivity contribution in [3.63, 3.8) is 0 Å². The number of esters is 1. The van der Waals surface area contributed by atoms with E-state index in [0.717, 1.165) is 0 Å². The zero-order valence-corrected chi connectivity index (χ0v) is 34.7. The number of halogens is 1. The average molecular weight is 795 g/mol. The molecule has 4 rings (SSSR count). The number of piperidine rings is 1. The second-order valence-corrected chi connectivity index (χ2v) is 15.4. The van der Waals surface area contributed by atoms with Crippen LogP contribution in [0.5, 0.6) is 11.5 Å². The van der Waals surface area contributed by atoms with E-state index in [0.29, 0.717) is 29.2 Å². The molecular weight excluding hydrogens is 724 g/mol. The van der Waals surface area contributed by atoms with Crippen molar-refractivity contribution in [2.24, 2.45) is 17.7 Å². The van der Waals surface area contributed by atoms with Crippen LogP contribution >= 0.6 is 11.6 Å². The van der Waals surface area contributed by atoms with E-state index in [-0.39, 0.29) is 45.0 Å². The molecule has 55 heavy (non-hydrogen) atoms. The number of likely N-dealkylation sites (tertiary alicyclic amines) is 1. The summed E-state index contributed by atoms with van der Waals surface area (Å²) in [6.07, 6.45) is -16.3. The van der Waals surface area contributed by atoms with Gasteiger partial charge in [0.25, 0.3) is 5.91 Å². The Balaban J connectivity index is 2.16. The molecule has 2 heterocycles. The van der Waals surface area contributed by atoms with Crippen molar-refractivity contribution in [1.82, 2.24) is 4.90 Å². The normalized spacial score (nSPS) is 31.2. The topological polar surface area (TPSA) is 132 Å². The van der Waals surface area contributed by atoms with E-state index < -0.39 is 97.0 Å². The second kappa shape index (κ2) is 17.1. The van der Waals surface area contributed by atoms with Gasteiger partial charge in [-0.15, -0.1) is 0 Å². The van der Waals surface area contributed by atoms with Gasteiger partial charge in [0.05, 0.1) is 27.7 Å². The maximum absolute atomic E-state index is 15.8. The number of nitrogens with zero attached hydrogens (tertiary/aromatic N) is 2. The summed E-state index contributed by atoms with van der Waals surface area (Å²) in [5.41, 5.74) is -0.599. The SMILES string of the molecule is [2H]C([2H])(C(=O)O)C1([2H])C([2H])([2H])C([2H])([2H])N(C(=O)C[C@H]2O[C@](C)(c3c(C)c(C)cc(OC)c3OC)c3cc(Cl)c(C)cc3N(C(C)(C)C(C(C)C)C(C)OC(=O)CC)C2=O)C([2H])(C)C1([2H])[2H]. The van der Waals surface area contributed by atoms with Gasteiger partial charge >= 0.3 is 11.9 Å². The van der Waals surface area contributed by atoms with E-state index in [1.165, 1.54) is 19.1 Å². The molecule has 0 aliphatic carbocycles. The minimum Gasteiger partial charge on any atom is -0.493 e. The third kappa shape index (κ3) is 8.63. The lowest BCUT2D eigenvalue weighted by atomic mass is 9.74. The number of rotatable bonds is 13. The molecule has 304 valence electrons. The first-order chi connectivity index (χ1) is 29.4. The first-order valence-corrected chi connectivity index (χ1v) is 18.6. The number of aliphatic carboxylic acids is 1. The second-order valence-electron chi connectivity index (χ2n) is 15.0. The van der Waals surface area contributed by atoms with Crippen molar-refractivity contribution in [3.8, 4) is 11.5 Å². The summed E-state index contributed by atoms with van der Waals surface area (Å²) in [6.45, 7) is 14.1. The summed E-state index contributed by atoms with van der Waals surface area (Å²) in [5, 5.41) is 10.1. The van der Waals surface area contributed by atoms with E-state index >= 15 is 9.59 Å². The van der Waals surface area contributed by atoms with Crippen LogP contribution in [0.25, 0.3) is 0 Å². The van der Waals surface area contributed by atoms with Gasteiger partial charge in [0.2, 0.25) is 5.91 Å². The van der Waals surface area contributed by atoms with E-state index in [2.05, 4.69) is 0 Å². The molecule has 0 aromatic heterocycles. The number of carboxylic acids is 1. The minimum atomic E-state index is -4.19. The number of anilines is 1. The van der Waals surface area contributed by atoms with E-state index in [9.17, 15) is 16.1 Å². The first kappa shape index (κ1) is 31.3. The van der Waals surface area contributed by atoms with Crippen LogP contribution in [0.1, 0.15) is 129 Å². The zero-order valence-electron chi connectivity index (χ0n) is 43.9. The van der Waals surface area contributed by atoms with Crippen LogP contribution in [0.2, 0.25) is 5.02 Å². The quantitative estimate of drug-likeness (QED) is 0.200. The molecule has 2 amide bonds. The Bertz CT molecular complexity index is 2230. The predicted molar refractivity (Wildman–Crippen MR) is 213 cm³/mol. The molecule has 0 spiro atoms. The highest BCUT2D eigenvalue weighted by atomic mass is 35.5. The fourth-order valence-electron chi connectivity index (χ4n) is 8.18. The van der Waals surface area contributed by atoms with Crippen LogP contribution in [-0.4, -0.2) is 78.2 Å². The van der Waals surface area contributed by atoms with Gasteiger partial charge in [-0.1, -0.05) is 32.4 Å². The maximum Gasteiger partial charge on any atom is 0.305 e. The molecule has 6 atom stereocenters. The highest BCUT2D eigenvalue weighted by molar-refractivity contribution is 6.31. The molecule has 2 aliphatic heterocycles. The molecule has 0 radical (unpaired) electrons. The smallest absolute Gasteiger partial charge is 0.305 e. The highest BCUT2D eigenvalue weighted by Gasteiger charge is 2.53. The van der Waals surface area contributed by atoms with Gasteiger partial charge in [0.15, 0.2) is 11.5 Å². The molecule has 1 N–H and O–H groups in total. The molecule has 2 aromatic carbocycles. The summed E-state index contributed by atoms with van der Waals surface area (Å²) in [5.74, 6) is -10.2. The van der Waals surface area contributed by atoms with Crippen LogP contribution in [0.4, 0.5) is 5.69 Å². The average Bonchev–Trinajstić information content (AvgIpc) is 3.25. The number of hydrogen-bond donors (Lipinski definition) is 1. The van der Waals surface area contributed by atoms with Crippen LogP contribution in [0.15, 0.2) is 18.2 Å². The summed E-state index contributed by atoms with van der Waals surface area (Å²) in [6, 6.07) is 1.57. The Labute approximate surface area is 346 Å². The van der Waals surface area contributed by atoms with Crippen molar-refractivity contribution >= 4 is 41.0 Å². The van der Waals surface area contributed by atoms with Crippen molar-refractivity contribution in [2.75, 3.05) is 25.6 Å². The van der Waals surface area contributed by atoms with Gasteiger partial charge in [0, 0.05) is 65.3 Å². The number of hydrogen-bond acceptors (Lipinski definition) is 8. The number of carboxylic acid groups (broad SMARTS) is 1. The van der Waals surface area contributed by atoms with Gasteiger partial charge in [-0.2, -0.15) is 0 Å². The molecular formula is C43H61ClN2O9. The summed E-state index contributed by atoms with van der Waals surface area (Å²) >= 11 is 6.92. The van der Waals surface area contributed by atoms with Crippen molar-refractivity contribution in [1.29, 1.82) is 0 Å². The molecule has 0 bridgehead atoms. The van der Waals surface area contributed by atoms with Gasteiger partial charge in [-0.3, -0.25) is 19.2 Å². The Morgan fingerprint density at radius 2 is 1.80 bits per heavy atom. The number of aryl methyl sites for hydroxylation is 2. The molecule has 2 aliphatic rings. The Hall–Kier alpha value is -3.83. The lowest BCUT2D eigenvalue weighted by Gasteiger charge is -2.48. The van der Waals surface area contributed by atoms with Crippen LogP contribution < -0.4 is 14.4 Å². The number of carbonyl (C=O) groups is 4. The van der Waals surface area contributed by atoms with E-state index in [1.807, 2.05) is 13.8 Å². The molecule has 0 saturated carbocycles. The van der Waals surface area contributed by atoms with Gasteiger partial charge in [-0.25, -0.2) is 0 Å². The molecule has 12 heteroatoms. The number of benzene rings is 2. The van der Waals surface area contributed by atoms with Crippen LogP contribution in [-0.2, 0) is 34.3 Å². The predicted octanol–water partition coefficient (Wildman–Crippen LogP) is 8.16. The Morgan fingerprint density at radius 1 is 1.15 bits per heavy atom. The third-order valence-electron chi connectivity index (χ3n) is 10.6. The monoisotopic (exact) mass is 794 g/mol. The van der Waals surface area contributed by atoms with Crippen LogP contribution in [0, 0.1) is 38.5 Å². The van der Waals surface area contributed by atoms with E-state index in [4.69, 9.17) is 42.9 Å². The molecule has 11 nitrogen and oxygen atoms in total. The largest absolute Gasteiger partial charge is 0.493 e. The number of carbonyl (C=O) groups excluding carboxylic acids is 3. The Morgan fingerprint density at radius 3 is 2.36 bits per heavy atom. The number of fused-ring (bicyclic) bond motifs is 1. The van der Waals surface area contributed by atoms with Crippen LogP contribution in [0.3, 0.4) is 0 Å². The molecule has 1 fully saturated rings. The minimum absolute atomic E-state index is 0.0628. The molecule has 2 aromatic rings. The fraction of sp³-hybridized carbons (Fsp3) is 0.628. The van der Waals surface area contributed by atoms with Crippen molar-refractivity contribution in [3.05, 3.63) is 51.0 Å². The van der Waals surface area contributed by atoms with Gasteiger partial charge in [-0.05, 0) is 115 Å². The summed E-state index contributed by atoms with van der Waals surface area (Å²) < 4.78 is 113. The standard InChI is InChI=1S/C43H61ClN2O9/c1-14-37(50)54-28(8)38(23(2)3)42(9,10)46-32-17-25(5)31(44)21-30(32)43(11,39-27(7)24(4)18-33(52-12)40(39)53-13)55-34(41(46)51)22-35(47)45-16-15-29(19-26(45)6)20-36(48)49/h17-18,21,23,26,28-29,34,38H,14-16,19-20,22H2,1-13H3,(H,48,49)/t26?,28?,29?,34-,38?,43+/m1/s1/i15D2,16D2,19D2,20D2,26D,29D. The first-order valence-electron chi connectivity index (χ1n) is 23.2. The molecule has 1 saturated heterocycles. The molecule has 4 unspecified atom stereocenters. The maximum atomic E-state index is 15.8. The number of ether oxygens (including phenoxy) is 4. The Kier molecular flexibility index (Phi) is 9.74.